The summed E-state index contributed by atoms with van der Waals surface area (Å²) >= 11 is 0. The van der Waals surface area contributed by atoms with E-state index in [4.69, 9.17) is 0 Å². The normalized spacial score (nSPS) is 12.3. The van der Waals surface area contributed by atoms with Gasteiger partial charge in [-0.2, -0.15) is 8.78 Å². The Morgan fingerprint density at radius 2 is 1.79 bits per heavy atom. The first kappa shape index (κ1) is 24.1. The second-order valence-electron chi connectivity index (χ2n) is 5.97. The van der Waals surface area contributed by atoms with Gasteiger partial charge in [0, 0.05) is 13.1 Å². The average molecular weight is 505 g/mol. The number of aliphatic imine (C=N–C) groups is 1. The molecule has 28 heavy (non-hydrogen) atoms. The highest BCUT2D eigenvalue weighted by molar-refractivity contribution is 14.0. The molecule has 1 unspecified atom stereocenters. The average Bonchev–Trinajstić information content (AvgIpc) is 2.65. The molecule has 0 radical (unpaired) electrons. The van der Waals surface area contributed by atoms with Crippen molar-refractivity contribution in [1.82, 2.24) is 10.6 Å². The number of hydrogen-bond donors (Lipinski definition) is 3. The van der Waals surface area contributed by atoms with Crippen LogP contribution in [0.4, 0.5) is 8.78 Å². The van der Waals surface area contributed by atoms with Crippen molar-refractivity contribution < 1.29 is 18.6 Å². The molecule has 0 aliphatic carbocycles. The highest BCUT2D eigenvalue weighted by atomic mass is 127. The highest BCUT2D eigenvalue weighted by Crippen LogP contribution is 2.19. The lowest BCUT2D eigenvalue weighted by Gasteiger charge is -2.16. The van der Waals surface area contributed by atoms with Crippen LogP contribution in [-0.4, -0.2) is 30.8 Å². The van der Waals surface area contributed by atoms with Gasteiger partial charge >= 0.3 is 6.61 Å². The van der Waals surface area contributed by atoms with Gasteiger partial charge in [-0.15, -0.1) is 24.0 Å². The SMILES string of the molecule is CCNC(=NCc1ccccc1C)NCC(O)c1ccc(OC(F)F)cc1.I. The monoisotopic (exact) mass is 505 g/mol. The number of hydrogen-bond acceptors (Lipinski definition) is 3. The fraction of sp³-hybridized carbons (Fsp3) is 0.350. The standard InChI is InChI=1S/C20H25F2N3O2.HI/c1-3-23-20(24-12-16-7-5-4-6-14(16)2)25-13-18(26)15-8-10-17(11-9-15)27-19(21)22;/h4-11,18-19,26H,3,12-13H2,1-2H3,(H2,23,24,25);1H. The Balaban J connectivity index is 0.00000392. The van der Waals surface area contributed by atoms with Crippen molar-refractivity contribution >= 4 is 29.9 Å². The van der Waals surface area contributed by atoms with Gasteiger partial charge in [0.25, 0.3) is 0 Å². The Labute approximate surface area is 181 Å². The van der Waals surface area contributed by atoms with E-state index in [1.165, 1.54) is 17.7 Å². The maximum absolute atomic E-state index is 12.2. The number of guanidine groups is 1. The number of aliphatic hydroxyl groups is 1. The Kier molecular flexibility index (Phi) is 10.8. The number of aliphatic hydroxyl groups excluding tert-OH is 1. The molecule has 0 saturated carbocycles. The lowest BCUT2D eigenvalue weighted by Crippen LogP contribution is -2.39. The van der Waals surface area contributed by atoms with E-state index in [2.05, 4.69) is 20.4 Å². The number of aryl methyl sites for hydroxylation is 1. The minimum absolute atomic E-state index is 0. The van der Waals surface area contributed by atoms with Gasteiger partial charge < -0.3 is 20.5 Å². The second-order valence-corrected chi connectivity index (χ2v) is 5.97. The van der Waals surface area contributed by atoms with Gasteiger partial charge in [0.1, 0.15) is 5.75 Å². The van der Waals surface area contributed by atoms with Gasteiger partial charge in [0.2, 0.25) is 0 Å². The molecule has 0 aliphatic rings. The summed E-state index contributed by atoms with van der Waals surface area (Å²) in [7, 11) is 0. The minimum Gasteiger partial charge on any atom is -0.435 e. The third kappa shape index (κ3) is 7.97. The highest BCUT2D eigenvalue weighted by Gasteiger charge is 2.10. The minimum atomic E-state index is -2.87. The van der Waals surface area contributed by atoms with Crippen LogP contribution in [0.1, 0.15) is 29.7 Å². The molecule has 0 amide bonds. The lowest BCUT2D eigenvalue weighted by molar-refractivity contribution is -0.0498. The zero-order valence-electron chi connectivity index (χ0n) is 15.9. The second kappa shape index (κ2) is 12.5. The van der Waals surface area contributed by atoms with Crippen LogP contribution in [0, 0.1) is 6.92 Å². The molecule has 0 bridgehead atoms. The van der Waals surface area contributed by atoms with Gasteiger partial charge in [0.15, 0.2) is 5.96 Å². The van der Waals surface area contributed by atoms with Crippen LogP contribution in [0.25, 0.3) is 0 Å². The predicted octanol–water partition coefficient (Wildman–Crippen LogP) is 4.00. The molecule has 0 heterocycles. The molecule has 154 valence electrons. The van der Waals surface area contributed by atoms with Gasteiger partial charge in [0.05, 0.1) is 12.6 Å². The van der Waals surface area contributed by atoms with Crippen molar-refractivity contribution in [3.63, 3.8) is 0 Å². The summed E-state index contributed by atoms with van der Waals surface area (Å²) in [4.78, 5) is 4.54. The summed E-state index contributed by atoms with van der Waals surface area (Å²) in [6.45, 7) is 2.58. The smallest absolute Gasteiger partial charge is 0.387 e. The van der Waals surface area contributed by atoms with E-state index in [9.17, 15) is 13.9 Å². The zero-order valence-corrected chi connectivity index (χ0v) is 18.2. The summed E-state index contributed by atoms with van der Waals surface area (Å²) < 4.78 is 28.7. The van der Waals surface area contributed by atoms with Crippen molar-refractivity contribution in [2.24, 2.45) is 4.99 Å². The first-order valence-corrected chi connectivity index (χ1v) is 8.79. The Morgan fingerprint density at radius 1 is 1.11 bits per heavy atom. The number of nitrogens with zero attached hydrogens (tertiary/aromatic N) is 1. The molecule has 5 nitrogen and oxygen atoms in total. The molecule has 2 aromatic carbocycles. The maximum Gasteiger partial charge on any atom is 0.387 e. The molecule has 0 spiro atoms. The summed E-state index contributed by atoms with van der Waals surface area (Å²) in [5.74, 6) is 0.652. The van der Waals surface area contributed by atoms with Crippen molar-refractivity contribution in [2.75, 3.05) is 13.1 Å². The van der Waals surface area contributed by atoms with Crippen LogP contribution in [0.5, 0.6) is 5.75 Å². The third-order valence-corrected chi connectivity index (χ3v) is 3.97. The van der Waals surface area contributed by atoms with E-state index in [1.807, 2.05) is 38.1 Å². The number of rotatable bonds is 8. The fourth-order valence-electron chi connectivity index (χ4n) is 2.48. The van der Waals surface area contributed by atoms with Gasteiger partial charge in [-0.05, 0) is 42.7 Å². The number of ether oxygens (including phenoxy) is 1. The van der Waals surface area contributed by atoms with Gasteiger partial charge in [-0.3, -0.25) is 0 Å². The first-order chi connectivity index (χ1) is 13.0. The van der Waals surface area contributed by atoms with Crippen LogP contribution < -0.4 is 15.4 Å². The summed E-state index contributed by atoms with van der Waals surface area (Å²) in [5.41, 5.74) is 2.90. The number of nitrogens with one attached hydrogen (secondary N) is 2. The van der Waals surface area contributed by atoms with Crippen molar-refractivity contribution in [2.45, 2.75) is 33.1 Å². The summed E-state index contributed by atoms with van der Waals surface area (Å²) in [6, 6.07) is 14.0. The van der Waals surface area contributed by atoms with E-state index in [0.29, 0.717) is 24.6 Å². The summed E-state index contributed by atoms with van der Waals surface area (Å²) in [6.07, 6.45) is -0.812. The molecule has 2 aromatic rings. The fourth-order valence-corrected chi connectivity index (χ4v) is 2.48. The van der Waals surface area contributed by atoms with Crippen LogP contribution in [-0.2, 0) is 6.54 Å². The number of benzene rings is 2. The molecule has 0 fully saturated rings. The number of alkyl halides is 2. The molecular weight excluding hydrogens is 479 g/mol. The molecule has 2 rings (SSSR count). The zero-order chi connectivity index (χ0) is 19.6. The lowest BCUT2D eigenvalue weighted by atomic mass is 10.1. The molecule has 0 aromatic heterocycles. The third-order valence-electron chi connectivity index (χ3n) is 3.97. The van der Waals surface area contributed by atoms with Crippen molar-refractivity contribution in [1.29, 1.82) is 0 Å². The topological polar surface area (TPSA) is 65.9 Å². The van der Waals surface area contributed by atoms with Crippen molar-refractivity contribution in [3.8, 4) is 5.75 Å². The van der Waals surface area contributed by atoms with Crippen LogP contribution in [0.15, 0.2) is 53.5 Å². The van der Waals surface area contributed by atoms with Gasteiger partial charge in [-0.25, -0.2) is 4.99 Å². The molecule has 1 atom stereocenters. The number of halogens is 3. The quantitative estimate of drug-likeness (QED) is 0.288. The largest absolute Gasteiger partial charge is 0.435 e. The molecule has 0 saturated heterocycles. The van der Waals surface area contributed by atoms with E-state index >= 15 is 0 Å². The van der Waals surface area contributed by atoms with Crippen LogP contribution in [0.3, 0.4) is 0 Å². The Hall–Kier alpha value is -1.94. The predicted molar refractivity (Wildman–Crippen MR) is 117 cm³/mol. The Morgan fingerprint density at radius 3 is 2.39 bits per heavy atom. The molecule has 3 N–H and O–H groups in total. The van der Waals surface area contributed by atoms with E-state index in [1.54, 1.807) is 12.1 Å². The molecule has 8 heteroatoms. The van der Waals surface area contributed by atoms with Gasteiger partial charge in [-0.1, -0.05) is 36.4 Å². The Bertz CT molecular complexity index is 742. The first-order valence-electron chi connectivity index (χ1n) is 8.79. The van der Waals surface area contributed by atoms with E-state index < -0.39 is 12.7 Å². The van der Waals surface area contributed by atoms with Crippen LogP contribution in [0.2, 0.25) is 0 Å². The summed E-state index contributed by atoms with van der Waals surface area (Å²) in [5, 5.41) is 16.5. The molecule has 0 aliphatic heterocycles. The molecular formula is C20H26F2IN3O2. The van der Waals surface area contributed by atoms with E-state index in [0.717, 1.165) is 5.56 Å². The van der Waals surface area contributed by atoms with Crippen LogP contribution >= 0.6 is 24.0 Å². The van der Waals surface area contributed by atoms with Crippen molar-refractivity contribution in [3.05, 3.63) is 65.2 Å². The maximum atomic E-state index is 12.2. The van der Waals surface area contributed by atoms with E-state index in [-0.39, 0.29) is 36.3 Å².